The van der Waals surface area contributed by atoms with E-state index >= 15 is 0 Å². The summed E-state index contributed by atoms with van der Waals surface area (Å²) in [5.74, 6) is -1.36. The molecule has 4 heteroatoms. The number of nitrogens with zero attached hydrogens (tertiary/aromatic N) is 1. The van der Waals surface area contributed by atoms with Crippen LogP contribution in [0.5, 0.6) is 0 Å². The fourth-order valence-electron chi connectivity index (χ4n) is 1.13. The van der Waals surface area contributed by atoms with E-state index in [4.69, 9.17) is 10.00 Å². The van der Waals surface area contributed by atoms with Gasteiger partial charge in [0.25, 0.3) is 0 Å². The van der Waals surface area contributed by atoms with E-state index in [1.807, 2.05) is 6.07 Å². The van der Waals surface area contributed by atoms with E-state index in [2.05, 4.69) is 0 Å². The molecule has 0 bridgehead atoms. The van der Waals surface area contributed by atoms with Crippen molar-refractivity contribution in [3.05, 3.63) is 35.6 Å². The van der Waals surface area contributed by atoms with Crippen LogP contribution in [0.15, 0.2) is 24.3 Å². The molecule has 84 valence electrons. The first-order valence-electron chi connectivity index (χ1n) is 4.92. The van der Waals surface area contributed by atoms with Crippen LogP contribution < -0.4 is 0 Å². The summed E-state index contributed by atoms with van der Waals surface area (Å²) in [4.78, 5) is 11.3. The van der Waals surface area contributed by atoms with Crippen LogP contribution >= 0.6 is 0 Å². The van der Waals surface area contributed by atoms with Crippen molar-refractivity contribution in [2.75, 3.05) is 0 Å². The Morgan fingerprint density at radius 3 is 2.88 bits per heavy atom. The van der Waals surface area contributed by atoms with Gasteiger partial charge in [0.1, 0.15) is 12.4 Å². The van der Waals surface area contributed by atoms with E-state index in [-0.39, 0.29) is 13.0 Å². The number of esters is 1. The quantitative estimate of drug-likeness (QED) is 0.733. The Balaban J connectivity index is 2.50. The van der Waals surface area contributed by atoms with Gasteiger partial charge in [-0.15, -0.1) is 0 Å². The fraction of sp³-hybridized carbons (Fsp3) is 0.333. The fourth-order valence-corrected chi connectivity index (χ4v) is 1.13. The molecular weight excluding hydrogens is 209 g/mol. The van der Waals surface area contributed by atoms with Gasteiger partial charge in [-0.1, -0.05) is 25.1 Å². The molecule has 0 spiro atoms. The maximum atomic E-state index is 13.1. The number of halogens is 1. The highest BCUT2D eigenvalue weighted by atomic mass is 19.1. The summed E-state index contributed by atoms with van der Waals surface area (Å²) in [6, 6.07) is 7.98. The lowest BCUT2D eigenvalue weighted by Gasteiger charge is -2.08. The van der Waals surface area contributed by atoms with Crippen molar-refractivity contribution >= 4 is 5.97 Å². The maximum absolute atomic E-state index is 13.1. The van der Waals surface area contributed by atoms with Crippen LogP contribution in [0.2, 0.25) is 0 Å². The summed E-state index contributed by atoms with van der Waals surface area (Å²) in [6.45, 7) is 1.51. The molecule has 0 aliphatic heterocycles. The zero-order valence-electron chi connectivity index (χ0n) is 8.94. The van der Waals surface area contributed by atoms with Crippen LogP contribution in [-0.2, 0) is 16.1 Å². The molecule has 0 fully saturated rings. The normalized spacial score (nSPS) is 11.6. The number of hydrogen-bond donors (Lipinski definition) is 0. The third kappa shape index (κ3) is 3.35. The summed E-state index contributed by atoms with van der Waals surface area (Å²) in [5, 5.41) is 8.40. The Kier molecular flexibility index (Phi) is 4.46. The third-order valence-electron chi connectivity index (χ3n) is 2.13. The van der Waals surface area contributed by atoms with Crippen molar-refractivity contribution in [1.82, 2.24) is 0 Å². The van der Waals surface area contributed by atoms with Crippen LogP contribution in [0.1, 0.15) is 18.9 Å². The molecular formula is C12H12FNO2. The molecule has 0 amide bonds. The minimum absolute atomic E-state index is 0.0960. The summed E-state index contributed by atoms with van der Waals surface area (Å²) < 4.78 is 18.0. The molecule has 16 heavy (non-hydrogen) atoms. The topological polar surface area (TPSA) is 50.1 Å². The number of hydrogen-bond acceptors (Lipinski definition) is 3. The molecule has 1 atom stereocenters. The lowest BCUT2D eigenvalue weighted by molar-refractivity contribution is -0.149. The van der Waals surface area contributed by atoms with Crippen LogP contribution in [0.25, 0.3) is 0 Å². The SMILES string of the molecule is CC(CC#N)C(=O)OCc1ccccc1F. The molecule has 0 aliphatic rings. The first-order valence-corrected chi connectivity index (χ1v) is 4.92. The smallest absolute Gasteiger partial charge is 0.310 e. The first kappa shape index (κ1) is 12.2. The van der Waals surface area contributed by atoms with E-state index in [1.54, 1.807) is 25.1 Å². The van der Waals surface area contributed by atoms with Gasteiger partial charge < -0.3 is 4.74 Å². The van der Waals surface area contributed by atoms with Gasteiger partial charge in [-0.05, 0) is 6.07 Å². The van der Waals surface area contributed by atoms with Crippen molar-refractivity contribution in [2.45, 2.75) is 20.0 Å². The highest BCUT2D eigenvalue weighted by Gasteiger charge is 2.14. The highest BCUT2D eigenvalue weighted by molar-refractivity contribution is 5.72. The molecule has 0 saturated heterocycles. The van der Waals surface area contributed by atoms with Crippen molar-refractivity contribution in [3.8, 4) is 6.07 Å². The summed E-state index contributed by atoms with van der Waals surface area (Å²) in [5.41, 5.74) is 0.333. The standard InChI is InChI=1S/C12H12FNO2/c1-9(6-7-14)12(15)16-8-10-4-2-3-5-11(10)13/h2-5,9H,6,8H2,1H3. The molecule has 0 saturated carbocycles. The van der Waals surface area contributed by atoms with Gasteiger partial charge >= 0.3 is 5.97 Å². The van der Waals surface area contributed by atoms with Crippen molar-refractivity contribution in [3.63, 3.8) is 0 Å². The van der Waals surface area contributed by atoms with Crippen molar-refractivity contribution in [1.29, 1.82) is 5.26 Å². The monoisotopic (exact) mass is 221 g/mol. The average molecular weight is 221 g/mol. The zero-order valence-corrected chi connectivity index (χ0v) is 8.94. The molecule has 0 heterocycles. The second-order valence-corrected chi connectivity index (χ2v) is 3.46. The van der Waals surface area contributed by atoms with E-state index in [0.29, 0.717) is 5.56 Å². The van der Waals surface area contributed by atoms with E-state index in [1.165, 1.54) is 6.07 Å². The minimum atomic E-state index is -0.482. The Bertz CT molecular complexity index is 412. The second-order valence-electron chi connectivity index (χ2n) is 3.46. The Hall–Kier alpha value is -1.89. The minimum Gasteiger partial charge on any atom is -0.460 e. The Morgan fingerprint density at radius 2 is 2.25 bits per heavy atom. The average Bonchev–Trinajstić information content (AvgIpc) is 2.28. The van der Waals surface area contributed by atoms with Gasteiger partial charge in [0.15, 0.2) is 0 Å². The highest BCUT2D eigenvalue weighted by Crippen LogP contribution is 2.10. The van der Waals surface area contributed by atoms with Gasteiger partial charge in [-0.3, -0.25) is 4.79 Å². The van der Waals surface area contributed by atoms with Crippen molar-refractivity contribution in [2.24, 2.45) is 5.92 Å². The number of carbonyl (C=O) groups is 1. The summed E-state index contributed by atoms with van der Waals surface area (Å²) in [6.07, 6.45) is 0.107. The van der Waals surface area contributed by atoms with Gasteiger partial charge in [0.2, 0.25) is 0 Å². The molecule has 1 unspecified atom stereocenters. The van der Waals surface area contributed by atoms with Crippen LogP contribution in [0.3, 0.4) is 0 Å². The Labute approximate surface area is 93.5 Å². The molecule has 1 rings (SSSR count). The van der Waals surface area contributed by atoms with Gasteiger partial charge in [-0.25, -0.2) is 4.39 Å². The molecule has 3 nitrogen and oxygen atoms in total. The molecule has 0 radical (unpaired) electrons. The number of benzene rings is 1. The molecule has 1 aromatic rings. The molecule has 0 aromatic heterocycles. The predicted molar refractivity (Wildman–Crippen MR) is 55.6 cm³/mol. The van der Waals surface area contributed by atoms with E-state index < -0.39 is 17.7 Å². The third-order valence-corrected chi connectivity index (χ3v) is 2.13. The molecule has 0 N–H and O–H groups in total. The van der Waals surface area contributed by atoms with Gasteiger partial charge in [-0.2, -0.15) is 5.26 Å². The molecule has 0 aliphatic carbocycles. The zero-order chi connectivity index (χ0) is 12.0. The summed E-state index contributed by atoms with van der Waals surface area (Å²) in [7, 11) is 0. The Morgan fingerprint density at radius 1 is 1.56 bits per heavy atom. The van der Waals surface area contributed by atoms with Gasteiger partial charge in [0, 0.05) is 12.0 Å². The van der Waals surface area contributed by atoms with E-state index in [0.717, 1.165) is 0 Å². The second kappa shape index (κ2) is 5.86. The first-order chi connectivity index (χ1) is 7.65. The number of ether oxygens (including phenoxy) is 1. The maximum Gasteiger partial charge on any atom is 0.310 e. The number of rotatable bonds is 4. The molecule has 1 aromatic carbocycles. The largest absolute Gasteiger partial charge is 0.460 e. The van der Waals surface area contributed by atoms with Crippen LogP contribution in [0.4, 0.5) is 4.39 Å². The lowest BCUT2D eigenvalue weighted by atomic mass is 10.1. The van der Waals surface area contributed by atoms with Crippen LogP contribution in [-0.4, -0.2) is 5.97 Å². The lowest BCUT2D eigenvalue weighted by Crippen LogP contribution is -2.14. The van der Waals surface area contributed by atoms with E-state index in [9.17, 15) is 9.18 Å². The van der Waals surface area contributed by atoms with Gasteiger partial charge in [0.05, 0.1) is 12.0 Å². The summed E-state index contributed by atoms with van der Waals surface area (Å²) >= 11 is 0. The predicted octanol–water partition coefficient (Wildman–Crippen LogP) is 2.42. The van der Waals surface area contributed by atoms with Crippen molar-refractivity contribution < 1.29 is 13.9 Å². The number of nitriles is 1. The van der Waals surface area contributed by atoms with Crippen LogP contribution in [0, 0.1) is 23.1 Å². The number of carbonyl (C=O) groups excluding carboxylic acids is 1.